The predicted octanol–water partition coefficient (Wildman–Crippen LogP) is 4.30. The molecule has 2 unspecified atom stereocenters. The van der Waals surface area contributed by atoms with E-state index in [2.05, 4.69) is 12.3 Å². The van der Waals surface area contributed by atoms with Gasteiger partial charge in [0.25, 0.3) is 0 Å². The molecule has 1 heterocycles. The van der Waals surface area contributed by atoms with Gasteiger partial charge in [-0.15, -0.1) is 5.73 Å². The van der Waals surface area contributed by atoms with E-state index >= 15 is 0 Å². The summed E-state index contributed by atoms with van der Waals surface area (Å²) in [5, 5.41) is 9.37. The van der Waals surface area contributed by atoms with Crippen molar-refractivity contribution in [1.29, 1.82) is 0 Å². The van der Waals surface area contributed by atoms with Crippen LogP contribution in [0.1, 0.15) is 40.1 Å². The minimum absolute atomic E-state index is 0.0997. The average molecular weight is 292 g/mol. The van der Waals surface area contributed by atoms with Crippen LogP contribution in [0.5, 0.6) is 0 Å². The highest BCUT2D eigenvalue weighted by Gasteiger charge is 2.34. The van der Waals surface area contributed by atoms with Crippen LogP contribution in [0.25, 0.3) is 0 Å². The summed E-state index contributed by atoms with van der Waals surface area (Å²) in [5.41, 5.74) is 5.80. The van der Waals surface area contributed by atoms with Crippen LogP contribution in [0.15, 0.2) is 72.5 Å². The summed E-state index contributed by atoms with van der Waals surface area (Å²) in [4.78, 5) is 11.4. The molecule has 110 valence electrons. The van der Waals surface area contributed by atoms with Gasteiger partial charge in [-0.05, 0) is 11.6 Å². The van der Waals surface area contributed by atoms with E-state index < -0.39 is 12.1 Å². The Bertz CT molecular complexity index is 742. The van der Waals surface area contributed by atoms with Gasteiger partial charge in [0.1, 0.15) is 6.10 Å². The van der Waals surface area contributed by atoms with Crippen LogP contribution in [0.4, 0.5) is 0 Å². The molecular formula is C19H16O3. The van der Waals surface area contributed by atoms with Crippen LogP contribution >= 0.6 is 0 Å². The largest absolute Gasteiger partial charge is 0.478 e. The van der Waals surface area contributed by atoms with E-state index in [1.807, 2.05) is 36.4 Å². The highest BCUT2D eigenvalue weighted by Crippen LogP contribution is 2.44. The number of hydrogen-bond donors (Lipinski definition) is 1. The third-order valence-corrected chi connectivity index (χ3v) is 3.89. The average Bonchev–Trinajstić information content (AvgIpc) is 3.00. The summed E-state index contributed by atoms with van der Waals surface area (Å²) >= 11 is 0. The molecule has 1 N–H and O–H groups in total. The van der Waals surface area contributed by atoms with Crippen molar-refractivity contribution in [1.82, 2.24) is 0 Å². The van der Waals surface area contributed by atoms with Crippen LogP contribution in [0.2, 0.25) is 0 Å². The predicted molar refractivity (Wildman–Crippen MR) is 83.7 cm³/mol. The maximum Gasteiger partial charge on any atom is 0.336 e. The quantitative estimate of drug-likeness (QED) is 0.858. The Morgan fingerprint density at radius 1 is 1.14 bits per heavy atom. The van der Waals surface area contributed by atoms with Gasteiger partial charge < -0.3 is 9.84 Å². The Labute approximate surface area is 129 Å². The van der Waals surface area contributed by atoms with Gasteiger partial charge in [0, 0.05) is 17.6 Å². The van der Waals surface area contributed by atoms with Crippen molar-refractivity contribution < 1.29 is 14.6 Å². The van der Waals surface area contributed by atoms with E-state index in [4.69, 9.17) is 4.74 Å². The lowest BCUT2D eigenvalue weighted by atomic mass is 9.96. The van der Waals surface area contributed by atoms with Gasteiger partial charge >= 0.3 is 5.97 Å². The summed E-state index contributed by atoms with van der Waals surface area (Å²) < 4.78 is 6.12. The van der Waals surface area contributed by atoms with E-state index in [1.54, 1.807) is 18.2 Å². The molecule has 0 radical (unpaired) electrons. The van der Waals surface area contributed by atoms with Crippen molar-refractivity contribution >= 4 is 5.97 Å². The third-order valence-electron chi connectivity index (χ3n) is 3.89. The Balaban J connectivity index is 1.98. The molecule has 1 aliphatic rings. The summed E-state index contributed by atoms with van der Waals surface area (Å²) in [6.45, 7) is 3.73. The first kappa shape index (κ1) is 14.3. The molecular weight excluding hydrogens is 276 g/mol. The zero-order valence-corrected chi connectivity index (χ0v) is 12.0. The molecule has 0 bridgehead atoms. The molecule has 1 fully saturated rings. The Morgan fingerprint density at radius 2 is 1.82 bits per heavy atom. The first-order valence-corrected chi connectivity index (χ1v) is 7.12. The molecule has 0 aliphatic carbocycles. The van der Waals surface area contributed by atoms with Gasteiger partial charge in [0.15, 0.2) is 0 Å². The second kappa shape index (κ2) is 6.02. The highest BCUT2D eigenvalue weighted by atomic mass is 16.5. The summed E-state index contributed by atoms with van der Waals surface area (Å²) in [6, 6.07) is 16.8. The monoisotopic (exact) mass is 292 g/mol. The lowest BCUT2D eigenvalue weighted by molar-refractivity contribution is 0.0492. The first-order valence-electron chi connectivity index (χ1n) is 7.12. The normalized spacial score (nSPS) is 20.6. The number of rotatable bonds is 3. The van der Waals surface area contributed by atoms with Crippen molar-refractivity contribution in [3.8, 4) is 0 Å². The van der Waals surface area contributed by atoms with Crippen LogP contribution in [0, 0.1) is 0 Å². The molecule has 3 heteroatoms. The Hall–Kier alpha value is -2.61. The SMILES string of the molecule is C=C=C1CC(c2ccccc2)OC1c1ccccc1C(=O)O. The summed E-state index contributed by atoms with van der Waals surface area (Å²) in [6.07, 6.45) is 0.166. The molecule has 0 aromatic heterocycles. The fourth-order valence-electron chi connectivity index (χ4n) is 2.81. The van der Waals surface area contributed by atoms with Crippen LogP contribution in [-0.4, -0.2) is 11.1 Å². The lowest BCUT2D eigenvalue weighted by Gasteiger charge is -2.16. The molecule has 1 aliphatic heterocycles. The maximum absolute atomic E-state index is 11.4. The third kappa shape index (κ3) is 2.60. The molecule has 2 atom stereocenters. The van der Waals surface area contributed by atoms with E-state index in [0.29, 0.717) is 12.0 Å². The van der Waals surface area contributed by atoms with Crippen LogP contribution in [-0.2, 0) is 4.74 Å². The number of carbonyl (C=O) groups is 1. The van der Waals surface area contributed by atoms with Crippen LogP contribution in [0.3, 0.4) is 0 Å². The smallest absolute Gasteiger partial charge is 0.336 e. The van der Waals surface area contributed by atoms with E-state index in [-0.39, 0.29) is 11.7 Å². The van der Waals surface area contributed by atoms with Crippen molar-refractivity contribution in [2.24, 2.45) is 0 Å². The molecule has 1 saturated heterocycles. The van der Waals surface area contributed by atoms with Crippen molar-refractivity contribution in [3.63, 3.8) is 0 Å². The van der Waals surface area contributed by atoms with Gasteiger partial charge in [-0.3, -0.25) is 0 Å². The van der Waals surface area contributed by atoms with Crippen molar-refractivity contribution in [2.75, 3.05) is 0 Å². The first-order chi connectivity index (χ1) is 10.7. The number of aromatic carboxylic acids is 1. The molecule has 0 spiro atoms. The number of carboxylic acid groups (broad SMARTS) is 1. The van der Waals surface area contributed by atoms with Crippen molar-refractivity contribution in [2.45, 2.75) is 18.6 Å². The zero-order valence-electron chi connectivity index (χ0n) is 12.0. The Kier molecular flexibility index (Phi) is 3.92. The minimum Gasteiger partial charge on any atom is -0.478 e. The summed E-state index contributed by atoms with van der Waals surface area (Å²) in [5.74, 6) is -0.953. The molecule has 0 amide bonds. The fraction of sp³-hybridized carbons (Fsp3) is 0.158. The molecule has 2 aromatic rings. The number of ether oxygens (including phenoxy) is 1. The molecule has 22 heavy (non-hydrogen) atoms. The number of benzene rings is 2. The van der Waals surface area contributed by atoms with Gasteiger partial charge in [-0.25, -0.2) is 4.79 Å². The standard InChI is InChI=1S/C19H16O3/c1-2-13-12-17(14-8-4-3-5-9-14)22-18(13)15-10-6-7-11-16(15)19(20)21/h3-11,17-18H,1,12H2,(H,20,21). The van der Waals surface area contributed by atoms with Crippen molar-refractivity contribution in [3.05, 3.63) is 89.2 Å². The fourth-order valence-corrected chi connectivity index (χ4v) is 2.81. The van der Waals surface area contributed by atoms with Gasteiger partial charge in [0.2, 0.25) is 0 Å². The minimum atomic E-state index is -0.953. The van der Waals surface area contributed by atoms with Gasteiger partial charge in [0.05, 0.1) is 11.7 Å². The maximum atomic E-state index is 11.4. The van der Waals surface area contributed by atoms with E-state index in [9.17, 15) is 9.90 Å². The number of hydrogen-bond acceptors (Lipinski definition) is 2. The second-order valence-corrected chi connectivity index (χ2v) is 5.21. The topological polar surface area (TPSA) is 46.5 Å². The highest BCUT2D eigenvalue weighted by molar-refractivity contribution is 5.89. The zero-order chi connectivity index (χ0) is 15.5. The number of carboxylic acids is 1. The molecule has 3 rings (SSSR count). The lowest BCUT2D eigenvalue weighted by Crippen LogP contribution is -2.08. The van der Waals surface area contributed by atoms with Crippen LogP contribution < -0.4 is 0 Å². The van der Waals surface area contributed by atoms with Gasteiger partial charge in [-0.2, -0.15) is 0 Å². The molecule has 2 aromatic carbocycles. The summed E-state index contributed by atoms with van der Waals surface area (Å²) in [7, 11) is 0. The van der Waals surface area contributed by atoms with Gasteiger partial charge in [-0.1, -0.05) is 55.1 Å². The van der Waals surface area contributed by atoms with E-state index in [0.717, 1.165) is 11.1 Å². The van der Waals surface area contributed by atoms with E-state index in [1.165, 1.54) is 0 Å². The molecule has 3 nitrogen and oxygen atoms in total. The Morgan fingerprint density at radius 3 is 2.50 bits per heavy atom. The molecule has 0 saturated carbocycles. The second-order valence-electron chi connectivity index (χ2n) is 5.21.